The second-order valence-corrected chi connectivity index (χ2v) is 8.07. The van der Waals surface area contributed by atoms with Crippen molar-refractivity contribution < 1.29 is 19.0 Å². The summed E-state index contributed by atoms with van der Waals surface area (Å²) in [7, 11) is 0. The van der Waals surface area contributed by atoms with Crippen LogP contribution in [0.5, 0.6) is 5.75 Å². The number of thiophene rings is 1. The maximum absolute atomic E-state index is 14.6. The third-order valence-corrected chi connectivity index (χ3v) is 6.37. The summed E-state index contributed by atoms with van der Waals surface area (Å²) in [6.07, 6.45) is 0. The number of phenolic OH excluding ortho intramolecular Hbond substituents is 1. The first-order chi connectivity index (χ1) is 14.1. The molecule has 1 aliphatic heterocycles. The van der Waals surface area contributed by atoms with Crippen LogP contribution in [-0.2, 0) is 11.3 Å². The number of hydrogen-bond donors (Lipinski definition) is 1. The number of ether oxygens (including phenoxy) is 1. The Morgan fingerprint density at radius 3 is 2.55 bits per heavy atom. The van der Waals surface area contributed by atoms with E-state index in [1.165, 1.54) is 17.4 Å². The van der Waals surface area contributed by atoms with Gasteiger partial charge in [-0.15, -0.1) is 11.3 Å². The van der Waals surface area contributed by atoms with Crippen molar-refractivity contribution in [3.8, 4) is 5.75 Å². The topological polar surface area (TPSA) is 53.0 Å². The number of anilines is 1. The molecule has 7 heteroatoms. The number of carbonyl (C=O) groups excluding carboxylic acids is 1. The molecule has 0 saturated carbocycles. The van der Waals surface area contributed by atoms with Gasteiger partial charge in [0.05, 0.1) is 6.61 Å². The smallest absolute Gasteiger partial charge is 0.348 e. The maximum Gasteiger partial charge on any atom is 0.348 e. The quantitative estimate of drug-likeness (QED) is 0.633. The highest BCUT2D eigenvalue weighted by molar-refractivity contribution is 7.21. The van der Waals surface area contributed by atoms with Gasteiger partial charge < -0.3 is 14.7 Å². The van der Waals surface area contributed by atoms with Crippen molar-refractivity contribution in [3.05, 3.63) is 58.7 Å². The van der Waals surface area contributed by atoms with Gasteiger partial charge in [-0.1, -0.05) is 6.07 Å². The first-order valence-corrected chi connectivity index (χ1v) is 10.5. The monoisotopic (exact) mass is 414 g/mol. The molecule has 29 heavy (non-hydrogen) atoms. The number of fused-ring (bicyclic) bond motifs is 1. The van der Waals surface area contributed by atoms with E-state index >= 15 is 0 Å². The van der Waals surface area contributed by atoms with Gasteiger partial charge in [-0.25, -0.2) is 9.18 Å². The van der Waals surface area contributed by atoms with Gasteiger partial charge in [-0.3, -0.25) is 4.90 Å². The second-order valence-electron chi connectivity index (χ2n) is 7.02. The van der Waals surface area contributed by atoms with Crippen LogP contribution in [0.25, 0.3) is 10.1 Å². The van der Waals surface area contributed by atoms with Gasteiger partial charge in [0.1, 0.15) is 16.4 Å². The van der Waals surface area contributed by atoms with Crippen LogP contribution in [0.15, 0.2) is 42.5 Å². The van der Waals surface area contributed by atoms with E-state index in [1.54, 1.807) is 25.1 Å². The Labute approximate surface area is 172 Å². The Balaban J connectivity index is 1.54. The SMILES string of the molecule is CCOC(=O)c1sc2cccc(F)c2c1CN1CCN(c2ccc(O)cc2)CC1. The predicted octanol–water partition coefficient (Wildman–Crippen LogP) is 4.24. The molecular weight excluding hydrogens is 391 g/mol. The minimum Gasteiger partial charge on any atom is -0.508 e. The van der Waals surface area contributed by atoms with Crippen molar-refractivity contribution in [2.45, 2.75) is 13.5 Å². The van der Waals surface area contributed by atoms with E-state index in [0.717, 1.165) is 42.1 Å². The van der Waals surface area contributed by atoms with Gasteiger partial charge >= 0.3 is 5.97 Å². The largest absolute Gasteiger partial charge is 0.508 e. The lowest BCUT2D eigenvalue weighted by Crippen LogP contribution is -2.46. The minimum absolute atomic E-state index is 0.255. The summed E-state index contributed by atoms with van der Waals surface area (Å²) in [5, 5.41) is 9.99. The van der Waals surface area contributed by atoms with E-state index in [-0.39, 0.29) is 17.5 Å². The minimum atomic E-state index is -0.383. The molecular formula is C22H23FN2O3S. The summed E-state index contributed by atoms with van der Waals surface area (Å²) < 4.78 is 20.6. The van der Waals surface area contributed by atoms with E-state index in [1.807, 2.05) is 18.2 Å². The molecule has 1 saturated heterocycles. The molecule has 0 unspecified atom stereocenters. The maximum atomic E-state index is 14.6. The zero-order valence-electron chi connectivity index (χ0n) is 16.2. The summed E-state index contributed by atoms with van der Waals surface area (Å²) in [5.41, 5.74) is 1.79. The lowest BCUT2D eigenvalue weighted by molar-refractivity contribution is 0.0530. The molecule has 1 aromatic heterocycles. The Bertz CT molecular complexity index is 1010. The first kappa shape index (κ1) is 19.7. The summed E-state index contributed by atoms with van der Waals surface area (Å²) in [6, 6.07) is 12.1. The van der Waals surface area contributed by atoms with E-state index in [0.29, 0.717) is 23.4 Å². The van der Waals surface area contributed by atoms with Crippen LogP contribution >= 0.6 is 11.3 Å². The molecule has 3 aromatic rings. The molecule has 1 N–H and O–H groups in total. The molecule has 152 valence electrons. The molecule has 0 radical (unpaired) electrons. The number of phenols is 1. The summed E-state index contributed by atoms with van der Waals surface area (Å²) in [5.74, 6) is -0.428. The van der Waals surface area contributed by atoms with Gasteiger partial charge in [-0.05, 0) is 43.3 Å². The van der Waals surface area contributed by atoms with Crippen LogP contribution in [0.4, 0.5) is 10.1 Å². The number of carbonyl (C=O) groups is 1. The van der Waals surface area contributed by atoms with Crippen LogP contribution in [0.2, 0.25) is 0 Å². The highest BCUT2D eigenvalue weighted by Gasteiger charge is 2.25. The van der Waals surface area contributed by atoms with E-state index in [9.17, 15) is 14.3 Å². The number of benzene rings is 2. The van der Waals surface area contributed by atoms with Gasteiger partial charge in [0, 0.05) is 54.1 Å². The van der Waals surface area contributed by atoms with Gasteiger partial charge in [0.25, 0.3) is 0 Å². The fraction of sp³-hybridized carbons (Fsp3) is 0.318. The van der Waals surface area contributed by atoms with Crippen molar-refractivity contribution >= 4 is 33.1 Å². The zero-order valence-corrected chi connectivity index (χ0v) is 17.0. The molecule has 2 heterocycles. The number of piperazine rings is 1. The number of rotatable bonds is 5. The van der Waals surface area contributed by atoms with Crippen LogP contribution in [0.1, 0.15) is 22.2 Å². The Morgan fingerprint density at radius 1 is 1.14 bits per heavy atom. The summed E-state index contributed by atoms with van der Waals surface area (Å²) >= 11 is 1.30. The van der Waals surface area contributed by atoms with Crippen molar-refractivity contribution in [1.29, 1.82) is 0 Å². The molecule has 0 spiro atoms. The van der Waals surface area contributed by atoms with Crippen LogP contribution in [-0.4, -0.2) is 48.8 Å². The number of nitrogens with zero attached hydrogens (tertiary/aromatic N) is 2. The Hall–Kier alpha value is -2.64. The standard InChI is InChI=1S/C22H23FN2O3S/c1-2-28-22(27)21-17(20-18(23)4-3-5-19(20)29-21)14-24-10-12-25(13-11-24)15-6-8-16(26)9-7-15/h3-9,26H,2,10-14H2,1H3. The lowest BCUT2D eigenvalue weighted by Gasteiger charge is -2.36. The van der Waals surface area contributed by atoms with Gasteiger partial charge in [0.2, 0.25) is 0 Å². The lowest BCUT2D eigenvalue weighted by atomic mass is 10.1. The van der Waals surface area contributed by atoms with Crippen molar-refractivity contribution in [2.75, 3.05) is 37.7 Å². The third kappa shape index (κ3) is 4.06. The highest BCUT2D eigenvalue weighted by Crippen LogP contribution is 2.35. The summed E-state index contributed by atoms with van der Waals surface area (Å²) in [6.45, 7) is 5.82. The molecule has 1 aliphatic rings. The highest BCUT2D eigenvalue weighted by atomic mass is 32.1. The number of aromatic hydroxyl groups is 1. The van der Waals surface area contributed by atoms with E-state index < -0.39 is 0 Å². The Morgan fingerprint density at radius 2 is 1.86 bits per heavy atom. The molecule has 0 aliphatic carbocycles. The van der Waals surface area contributed by atoms with Crippen molar-refractivity contribution in [1.82, 2.24) is 4.90 Å². The fourth-order valence-electron chi connectivity index (χ4n) is 3.73. The molecule has 2 aromatic carbocycles. The normalized spacial score (nSPS) is 15.0. The van der Waals surface area contributed by atoms with Gasteiger partial charge in [-0.2, -0.15) is 0 Å². The molecule has 0 atom stereocenters. The number of halogens is 1. The average molecular weight is 415 g/mol. The summed E-state index contributed by atoms with van der Waals surface area (Å²) in [4.78, 5) is 17.5. The van der Waals surface area contributed by atoms with Crippen LogP contribution in [0.3, 0.4) is 0 Å². The number of hydrogen-bond acceptors (Lipinski definition) is 6. The molecule has 4 rings (SSSR count). The Kier molecular flexibility index (Phi) is 5.69. The average Bonchev–Trinajstić information content (AvgIpc) is 3.09. The zero-order chi connectivity index (χ0) is 20.4. The molecule has 0 bridgehead atoms. The van der Waals surface area contributed by atoms with Crippen LogP contribution in [0, 0.1) is 5.82 Å². The first-order valence-electron chi connectivity index (χ1n) is 9.70. The third-order valence-electron chi connectivity index (χ3n) is 5.19. The van der Waals surface area contributed by atoms with Crippen molar-refractivity contribution in [2.24, 2.45) is 0 Å². The molecule has 1 fully saturated rings. The second kappa shape index (κ2) is 8.39. The van der Waals surface area contributed by atoms with Gasteiger partial charge in [0.15, 0.2) is 0 Å². The van der Waals surface area contributed by atoms with E-state index in [4.69, 9.17) is 4.74 Å². The molecule has 5 nitrogen and oxygen atoms in total. The van der Waals surface area contributed by atoms with Crippen molar-refractivity contribution in [3.63, 3.8) is 0 Å². The number of esters is 1. The molecule has 0 amide bonds. The predicted molar refractivity (Wildman–Crippen MR) is 113 cm³/mol. The van der Waals surface area contributed by atoms with Crippen LogP contribution < -0.4 is 4.90 Å². The fourth-order valence-corrected chi connectivity index (χ4v) is 4.85. The van der Waals surface area contributed by atoms with E-state index in [2.05, 4.69) is 9.80 Å².